The molecule has 10 heteroatoms. The summed E-state index contributed by atoms with van der Waals surface area (Å²) < 4.78 is 0. The van der Waals surface area contributed by atoms with Crippen molar-refractivity contribution in [3.63, 3.8) is 0 Å². The zero-order valence-corrected chi connectivity index (χ0v) is 18.4. The molecule has 0 spiro atoms. The van der Waals surface area contributed by atoms with Crippen LogP contribution in [0, 0.1) is 33.8 Å². The number of amides is 3. The number of carbonyl (C=O) groups excluding carboxylic acids is 4. The second-order valence-corrected chi connectivity index (χ2v) is 9.02. The van der Waals surface area contributed by atoms with E-state index in [9.17, 15) is 29.3 Å². The second-order valence-electron chi connectivity index (χ2n) is 8.59. The molecule has 0 N–H and O–H groups in total. The van der Waals surface area contributed by atoms with Crippen molar-refractivity contribution >= 4 is 40.8 Å². The normalized spacial score (nSPS) is 24.4. The molecule has 3 amide bonds. The van der Waals surface area contributed by atoms with E-state index in [1.165, 1.54) is 42.5 Å². The number of ketones is 1. The highest BCUT2D eigenvalue weighted by atomic mass is 35.5. The van der Waals surface area contributed by atoms with E-state index in [-0.39, 0.29) is 28.7 Å². The van der Waals surface area contributed by atoms with Gasteiger partial charge < -0.3 is 0 Å². The number of rotatable bonds is 6. The number of nitro groups is 1. The standard InChI is InChI=1S/C24H18ClN3O6/c25-17-8-6-13(7-9-17)19(29)12-26(22(30)16-2-1-3-18(11-16)28(33)34)27-23(31)20-14-4-5-15(10-14)21(20)24(27)32/h1-9,11,14-15,20-21H,10,12H2/t14-,15-,20-,21+/m0/s1. The number of benzene rings is 2. The number of fused-ring (bicyclic) bond motifs is 5. The minimum atomic E-state index is -0.854. The van der Waals surface area contributed by atoms with E-state index in [0.717, 1.165) is 16.1 Å². The lowest BCUT2D eigenvalue weighted by Crippen LogP contribution is -2.52. The van der Waals surface area contributed by atoms with E-state index in [1.54, 1.807) is 0 Å². The number of carbonyl (C=O) groups is 4. The maximum absolute atomic E-state index is 13.5. The van der Waals surface area contributed by atoms with Gasteiger partial charge in [-0.2, -0.15) is 5.01 Å². The van der Waals surface area contributed by atoms with E-state index >= 15 is 0 Å². The van der Waals surface area contributed by atoms with Crippen molar-refractivity contribution in [2.45, 2.75) is 6.42 Å². The summed E-state index contributed by atoms with van der Waals surface area (Å²) >= 11 is 5.89. The predicted octanol–water partition coefficient (Wildman–Crippen LogP) is 3.30. The number of imide groups is 1. The Morgan fingerprint density at radius 3 is 2.21 bits per heavy atom. The maximum Gasteiger partial charge on any atom is 0.273 e. The Labute approximate surface area is 198 Å². The number of halogens is 1. The van der Waals surface area contributed by atoms with Gasteiger partial charge in [-0.25, -0.2) is 5.01 Å². The van der Waals surface area contributed by atoms with Crippen LogP contribution in [0.5, 0.6) is 0 Å². The second kappa shape index (κ2) is 8.18. The molecule has 2 aromatic rings. The van der Waals surface area contributed by atoms with Crippen LogP contribution in [0.1, 0.15) is 27.1 Å². The van der Waals surface area contributed by atoms with Crippen LogP contribution in [0.2, 0.25) is 5.02 Å². The molecule has 9 nitrogen and oxygen atoms in total. The third-order valence-electron chi connectivity index (χ3n) is 6.69. The molecule has 1 saturated carbocycles. The van der Waals surface area contributed by atoms with Crippen LogP contribution >= 0.6 is 11.6 Å². The lowest BCUT2D eigenvalue weighted by Gasteiger charge is -2.30. The van der Waals surface area contributed by atoms with E-state index in [0.29, 0.717) is 11.4 Å². The molecule has 0 radical (unpaired) electrons. The Bertz CT molecular complexity index is 1240. The lowest BCUT2D eigenvalue weighted by molar-refractivity contribution is -0.384. The van der Waals surface area contributed by atoms with Gasteiger partial charge in [-0.15, -0.1) is 0 Å². The first-order valence-corrected chi connectivity index (χ1v) is 11.0. The molecule has 4 atom stereocenters. The Balaban J connectivity index is 1.51. The summed E-state index contributed by atoms with van der Waals surface area (Å²) in [4.78, 5) is 63.7. The molecule has 5 rings (SSSR count). The molecule has 3 aliphatic rings. The molecular weight excluding hydrogens is 462 g/mol. The lowest BCUT2D eigenvalue weighted by atomic mass is 9.85. The van der Waals surface area contributed by atoms with Gasteiger partial charge >= 0.3 is 0 Å². The number of non-ortho nitro benzene ring substituents is 1. The van der Waals surface area contributed by atoms with Crippen LogP contribution in [-0.4, -0.2) is 45.0 Å². The van der Waals surface area contributed by atoms with Gasteiger partial charge in [0.1, 0.15) is 6.54 Å². The first-order valence-electron chi connectivity index (χ1n) is 10.7. The van der Waals surface area contributed by atoms with E-state index in [1.807, 2.05) is 12.2 Å². The van der Waals surface area contributed by atoms with Crippen molar-refractivity contribution in [1.29, 1.82) is 0 Å². The minimum Gasteiger partial charge on any atom is -0.292 e. The van der Waals surface area contributed by atoms with Gasteiger partial charge in [0.05, 0.1) is 16.8 Å². The SMILES string of the molecule is O=C(CN(C(=O)c1cccc([N+](=O)[O-])c1)N1C(=O)[C@@H]2[C@H](C1=O)[C@H]1C=C[C@H]2C1)c1ccc(Cl)cc1. The number of allylic oxidation sites excluding steroid dienone is 2. The number of hydrazine groups is 1. The van der Waals surface area contributed by atoms with Crippen LogP contribution in [-0.2, 0) is 9.59 Å². The van der Waals surface area contributed by atoms with Crippen molar-refractivity contribution < 1.29 is 24.1 Å². The topological polar surface area (TPSA) is 118 Å². The summed E-state index contributed by atoms with van der Waals surface area (Å²) in [5.74, 6) is -3.76. The third kappa shape index (κ3) is 3.49. The average Bonchev–Trinajstić information content (AvgIpc) is 3.51. The Hall–Kier alpha value is -3.85. The van der Waals surface area contributed by atoms with Crippen molar-refractivity contribution in [2.24, 2.45) is 23.7 Å². The fourth-order valence-corrected chi connectivity index (χ4v) is 5.25. The number of Topliss-reactive ketones (excluding diaryl/α,β-unsaturated/α-hetero) is 1. The zero-order chi connectivity index (χ0) is 24.1. The van der Waals surface area contributed by atoms with E-state index in [2.05, 4.69) is 0 Å². The van der Waals surface area contributed by atoms with Gasteiger partial charge in [-0.3, -0.25) is 29.3 Å². The number of hydrogen-bond donors (Lipinski definition) is 0. The molecule has 2 fully saturated rings. The summed E-state index contributed by atoms with van der Waals surface area (Å²) in [7, 11) is 0. The molecule has 172 valence electrons. The number of nitro benzene ring substituents is 1. The number of hydrogen-bond acceptors (Lipinski definition) is 6. The fourth-order valence-electron chi connectivity index (χ4n) is 5.12. The van der Waals surface area contributed by atoms with Crippen LogP contribution in [0.4, 0.5) is 5.69 Å². The van der Waals surface area contributed by atoms with Crippen molar-refractivity contribution in [1.82, 2.24) is 10.0 Å². The van der Waals surface area contributed by atoms with Crippen LogP contribution in [0.15, 0.2) is 60.7 Å². The molecule has 1 heterocycles. The highest BCUT2D eigenvalue weighted by Gasteiger charge is 2.61. The smallest absolute Gasteiger partial charge is 0.273 e. The zero-order valence-electron chi connectivity index (χ0n) is 17.7. The van der Waals surface area contributed by atoms with Gasteiger partial charge in [0, 0.05) is 28.3 Å². The molecule has 2 aliphatic carbocycles. The Morgan fingerprint density at radius 2 is 1.62 bits per heavy atom. The summed E-state index contributed by atoms with van der Waals surface area (Å²) in [6.07, 6.45) is 4.56. The maximum atomic E-state index is 13.5. The van der Waals surface area contributed by atoms with Gasteiger partial charge in [0.25, 0.3) is 23.4 Å². The van der Waals surface area contributed by atoms with Crippen LogP contribution < -0.4 is 0 Å². The Kier molecular flexibility index (Phi) is 5.28. The third-order valence-corrected chi connectivity index (χ3v) is 6.94. The quantitative estimate of drug-likeness (QED) is 0.206. The highest BCUT2D eigenvalue weighted by molar-refractivity contribution is 6.30. The fraction of sp³-hybridized carbons (Fsp3) is 0.250. The molecule has 0 aromatic heterocycles. The van der Waals surface area contributed by atoms with Gasteiger partial charge in [0.15, 0.2) is 5.78 Å². The summed E-state index contributed by atoms with van der Waals surface area (Å²) in [6, 6.07) is 10.9. The van der Waals surface area contributed by atoms with Crippen molar-refractivity contribution in [2.75, 3.05) is 6.54 Å². The first-order chi connectivity index (χ1) is 16.3. The van der Waals surface area contributed by atoms with E-state index in [4.69, 9.17) is 11.6 Å². The molecule has 34 heavy (non-hydrogen) atoms. The first kappa shape index (κ1) is 22.0. The molecule has 1 aliphatic heterocycles. The summed E-state index contributed by atoms with van der Waals surface area (Å²) in [6.45, 7) is -0.594. The Morgan fingerprint density at radius 1 is 1.00 bits per heavy atom. The largest absolute Gasteiger partial charge is 0.292 e. The number of nitrogens with zero attached hydrogens (tertiary/aromatic N) is 3. The van der Waals surface area contributed by atoms with Gasteiger partial charge in [0.2, 0.25) is 0 Å². The molecule has 1 saturated heterocycles. The molecule has 2 aromatic carbocycles. The van der Waals surface area contributed by atoms with Crippen LogP contribution in [0.3, 0.4) is 0 Å². The summed E-state index contributed by atoms with van der Waals surface area (Å²) in [5, 5.41) is 13.2. The van der Waals surface area contributed by atoms with Crippen molar-refractivity contribution in [3.8, 4) is 0 Å². The van der Waals surface area contributed by atoms with E-state index < -0.39 is 46.8 Å². The summed E-state index contributed by atoms with van der Waals surface area (Å²) in [5.41, 5.74) is -0.202. The van der Waals surface area contributed by atoms with Gasteiger partial charge in [-0.05, 0) is 48.6 Å². The molecule has 0 unspecified atom stereocenters. The van der Waals surface area contributed by atoms with Crippen LogP contribution in [0.25, 0.3) is 0 Å². The van der Waals surface area contributed by atoms with Crippen molar-refractivity contribution in [3.05, 3.63) is 86.9 Å². The average molecular weight is 480 g/mol. The van der Waals surface area contributed by atoms with Gasteiger partial charge in [-0.1, -0.05) is 29.8 Å². The monoisotopic (exact) mass is 479 g/mol. The molecule has 2 bridgehead atoms. The highest BCUT2D eigenvalue weighted by Crippen LogP contribution is 2.52. The molecular formula is C24H18ClN3O6. The minimum absolute atomic E-state index is 0.0850. The predicted molar refractivity (Wildman–Crippen MR) is 119 cm³/mol.